The van der Waals surface area contributed by atoms with E-state index in [9.17, 15) is 9.90 Å². The fraction of sp³-hybridized carbons (Fsp3) is 0.900. The van der Waals surface area contributed by atoms with Crippen LogP contribution in [0.1, 0.15) is 47.0 Å². The smallest absolute Gasteiger partial charge is 0.309 e. The molecule has 0 radical (unpaired) electrons. The SMILES string of the molecule is CCC(CC)(CC(C)(C)O)C(=O)O. The lowest BCUT2D eigenvalue weighted by molar-refractivity contribution is -0.153. The van der Waals surface area contributed by atoms with Crippen LogP contribution in [0, 0.1) is 5.41 Å². The molecule has 3 heteroatoms. The third kappa shape index (κ3) is 3.35. The summed E-state index contributed by atoms with van der Waals surface area (Å²) in [6.45, 7) is 7.00. The van der Waals surface area contributed by atoms with Crippen LogP contribution in [0.5, 0.6) is 0 Å². The van der Waals surface area contributed by atoms with E-state index in [4.69, 9.17) is 5.11 Å². The highest BCUT2D eigenvalue weighted by Crippen LogP contribution is 2.35. The lowest BCUT2D eigenvalue weighted by Crippen LogP contribution is -2.37. The van der Waals surface area contributed by atoms with Crippen LogP contribution in [0.4, 0.5) is 0 Å². The Morgan fingerprint density at radius 1 is 1.23 bits per heavy atom. The van der Waals surface area contributed by atoms with Gasteiger partial charge in [-0.05, 0) is 33.1 Å². The fourth-order valence-electron chi connectivity index (χ4n) is 1.71. The molecule has 3 nitrogen and oxygen atoms in total. The van der Waals surface area contributed by atoms with Crippen LogP contribution < -0.4 is 0 Å². The third-order valence-electron chi connectivity index (χ3n) is 2.58. The van der Waals surface area contributed by atoms with Crippen molar-refractivity contribution in [1.29, 1.82) is 0 Å². The van der Waals surface area contributed by atoms with Crippen molar-refractivity contribution in [3.05, 3.63) is 0 Å². The van der Waals surface area contributed by atoms with Crippen LogP contribution in [-0.2, 0) is 4.79 Å². The van der Waals surface area contributed by atoms with Gasteiger partial charge in [-0.15, -0.1) is 0 Å². The summed E-state index contributed by atoms with van der Waals surface area (Å²) in [6.07, 6.45) is 1.42. The lowest BCUT2D eigenvalue weighted by atomic mass is 9.74. The standard InChI is InChI=1S/C10H20O3/c1-5-10(6-2,8(11)12)7-9(3,4)13/h13H,5-7H2,1-4H3,(H,11,12). The first-order valence-corrected chi connectivity index (χ1v) is 4.73. The lowest BCUT2D eigenvalue weighted by Gasteiger charge is -2.32. The van der Waals surface area contributed by atoms with Crippen LogP contribution in [0.15, 0.2) is 0 Å². The van der Waals surface area contributed by atoms with Crippen molar-refractivity contribution in [2.75, 3.05) is 0 Å². The van der Waals surface area contributed by atoms with Crippen molar-refractivity contribution in [1.82, 2.24) is 0 Å². The summed E-state index contributed by atoms with van der Waals surface area (Å²) >= 11 is 0. The van der Waals surface area contributed by atoms with Gasteiger partial charge in [-0.2, -0.15) is 0 Å². The zero-order valence-electron chi connectivity index (χ0n) is 8.92. The van der Waals surface area contributed by atoms with Crippen molar-refractivity contribution < 1.29 is 15.0 Å². The van der Waals surface area contributed by atoms with Gasteiger partial charge in [0.2, 0.25) is 0 Å². The molecule has 0 bridgehead atoms. The molecule has 0 aliphatic carbocycles. The highest BCUT2D eigenvalue weighted by atomic mass is 16.4. The quantitative estimate of drug-likeness (QED) is 0.694. The molecule has 0 aliphatic heterocycles. The van der Waals surface area contributed by atoms with E-state index in [1.54, 1.807) is 13.8 Å². The Morgan fingerprint density at radius 3 is 1.69 bits per heavy atom. The van der Waals surface area contributed by atoms with Crippen molar-refractivity contribution in [3.8, 4) is 0 Å². The molecule has 0 atom stereocenters. The van der Waals surface area contributed by atoms with Crippen LogP contribution in [-0.4, -0.2) is 21.8 Å². The molecule has 2 N–H and O–H groups in total. The van der Waals surface area contributed by atoms with Gasteiger partial charge in [0.1, 0.15) is 0 Å². The Bertz CT molecular complexity index is 175. The number of hydrogen-bond acceptors (Lipinski definition) is 2. The molecular formula is C10H20O3. The summed E-state index contributed by atoms with van der Waals surface area (Å²) in [5.41, 5.74) is -1.68. The average Bonchev–Trinajstić information content (AvgIpc) is 1.98. The van der Waals surface area contributed by atoms with Gasteiger partial charge < -0.3 is 10.2 Å². The summed E-state index contributed by atoms with van der Waals surface area (Å²) in [4.78, 5) is 11.1. The number of carboxylic acids is 1. The van der Waals surface area contributed by atoms with Crippen molar-refractivity contribution in [2.45, 2.75) is 52.6 Å². The number of carbonyl (C=O) groups is 1. The number of hydrogen-bond donors (Lipinski definition) is 2. The maximum absolute atomic E-state index is 11.1. The minimum Gasteiger partial charge on any atom is -0.481 e. The van der Waals surface area contributed by atoms with Crippen LogP contribution in [0.2, 0.25) is 0 Å². The van der Waals surface area contributed by atoms with E-state index < -0.39 is 17.0 Å². The molecule has 13 heavy (non-hydrogen) atoms. The van der Waals surface area contributed by atoms with Crippen molar-refractivity contribution in [2.24, 2.45) is 5.41 Å². The largest absolute Gasteiger partial charge is 0.481 e. The summed E-state index contributed by atoms with van der Waals surface area (Å²) in [5.74, 6) is -0.806. The van der Waals surface area contributed by atoms with E-state index in [-0.39, 0.29) is 0 Å². The summed E-state index contributed by atoms with van der Waals surface area (Å²) in [7, 11) is 0. The van der Waals surface area contributed by atoms with Crippen LogP contribution >= 0.6 is 0 Å². The molecular weight excluding hydrogens is 168 g/mol. The second kappa shape index (κ2) is 4.09. The predicted octanol–water partition coefficient (Wildman–Crippen LogP) is 2.04. The van der Waals surface area contributed by atoms with E-state index in [0.717, 1.165) is 0 Å². The van der Waals surface area contributed by atoms with Crippen molar-refractivity contribution in [3.63, 3.8) is 0 Å². The van der Waals surface area contributed by atoms with Gasteiger partial charge in [-0.1, -0.05) is 13.8 Å². The van der Waals surface area contributed by atoms with Gasteiger partial charge in [0.05, 0.1) is 11.0 Å². The van der Waals surface area contributed by atoms with Crippen LogP contribution in [0.3, 0.4) is 0 Å². The molecule has 0 unspecified atom stereocenters. The van der Waals surface area contributed by atoms with Crippen molar-refractivity contribution >= 4 is 5.97 Å². The Morgan fingerprint density at radius 2 is 1.62 bits per heavy atom. The fourth-order valence-corrected chi connectivity index (χ4v) is 1.71. The zero-order valence-corrected chi connectivity index (χ0v) is 8.92. The van der Waals surface area contributed by atoms with Gasteiger partial charge in [0, 0.05) is 0 Å². The van der Waals surface area contributed by atoms with Gasteiger partial charge in [-0.3, -0.25) is 4.79 Å². The minimum absolute atomic E-state index is 0.308. The average molecular weight is 188 g/mol. The minimum atomic E-state index is -0.912. The van der Waals surface area contributed by atoms with E-state index >= 15 is 0 Å². The molecule has 0 aliphatic rings. The first-order valence-electron chi connectivity index (χ1n) is 4.73. The van der Waals surface area contributed by atoms with Crippen LogP contribution in [0.25, 0.3) is 0 Å². The second-order valence-electron chi connectivity index (χ2n) is 4.28. The molecule has 0 aromatic carbocycles. The normalized spacial score (nSPS) is 13.0. The Kier molecular flexibility index (Phi) is 3.91. The van der Waals surface area contributed by atoms with Gasteiger partial charge >= 0.3 is 5.97 Å². The molecule has 0 spiro atoms. The maximum atomic E-state index is 11.1. The van der Waals surface area contributed by atoms with E-state index in [2.05, 4.69) is 0 Å². The molecule has 0 heterocycles. The second-order valence-corrected chi connectivity index (χ2v) is 4.28. The molecule has 78 valence electrons. The third-order valence-corrected chi connectivity index (χ3v) is 2.58. The number of rotatable bonds is 5. The molecule has 0 aromatic heterocycles. The Labute approximate surface area is 79.8 Å². The summed E-state index contributed by atoms with van der Waals surface area (Å²) in [5, 5.41) is 18.7. The van der Waals surface area contributed by atoms with E-state index in [1.165, 1.54) is 0 Å². The molecule has 0 rings (SSSR count). The summed E-state index contributed by atoms with van der Waals surface area (Å²) in [6, 6.07) is 0. The number of aliphatic hydroxyl groups is 1. The first-order chi connectivity index (χ1) is 5.77. The highest BCUT2D eigenvalue weighted by molar-refractivity contribution is 5.74. The molecule has 0 amide bonds. The molecule has 0 fully saturated rings. The number of carboxylic acid groups (broad SMARTS) is 1. The maximum Gasteiger partial charge on any atom is 0.309 e. The van der Waals surface area contributed by atoms with E-state index in [0.29, 0.717) is 19.3 Å². The topological polar surface area (TPSA) is 57.5 Å². The highest BCUT2D eigenvalue weighted by Gasteiger charge is 2.39. The predicted molar refractivity (Wildman–Crippen MR) is 51.6 cm³/mol. The monoisotopic (exact) mass is 188 g/mol. The van der Waals surface area contributed by atoms with E-state index in [1.807, 2.05) is 13.8 Å². The molecule has 0 aromatic rings. The van der Waals surface area contributed by atoms with Gasteiger partial charge in [-0.25, -0.2) is 0 Å². The number of aliphatic carboxylic acids is 1. The van der Waals surface area contributed by atoms with Gasteiger partial charge in [0.25, 0.3) is 0 Å². The zero-order chi connectivity index (χ0) is 10.7. The first kappa shape index (κ1) is 12.4. The molecule has 0 saturated heterocycles. The molecule has 0 saturated carbocycles. The summed E-state index contributed by atoms with van der Waals surface area (Å²) < 4.78 is 0. The van der Waals surface area contributed by atoms with Gasteiger partial charge in [0.15, 0.2) is 0 Å². The Hall–Kier alpha value is -0.570. The Balaban J connectivity index is 4.69.